The van der Waals surface area contributed by atoms with Crippen molar-refractivity contribution in [1.82, 2.24) is 5.32 Å². The molecule has 1 saturated carbocycles. The van der Waals surface area contributed by atoms with Crippen LogP contribution in [0.25, 0.3) is 0 Å². The average molecular weight is 515 g/mol. The van der Waals surface area contributed by atoms with E-state index in [1.807, 2.05) is 0 Å². The van der Waals surface area contributed by atoms with Crippen molar-refractivity contribution in [1.29, 1.82) is 0 Å². The molecule has 2 aliphatic rings. The number of hydrogen-bond donors (Lipinski definition) is 2. The third-order valence-corrected chi connectivity index (χ3v) is 7.46. The number of benzene rings is 2. The highest BCUT2D eigenvalue weighted by Crippen LogP contribution is 2.46. The van der Waals surface area contributed by atoms with Gasteiger partial charge in [0.2, 0.25) is 18.0 Å². The first kappa shape index (κ1) is 26.4. The molecule has 2 unspecified atom stereocenters. The summed E-state index contributed by atoms with van der Waals surface area (Å²) in [6.45, 7) is 1.80. The highest BCUT2D eigenvalue weighted by molar-refractivity contribution is 6.20. The molecule has 1 aliphatic carbocycles. The lowest BCUT2D eigenvalue weighted by Gasteiger charge is -2.34. The number of primary amides is 1. The van der Waals surface area contributed by atoms with Crippen molar-refractivity contribution in [2.24, 2.45) is 22.1 Å². The summed E-state index contributed by atoms with van der Waals surface area (Å²) < 4.78 is 39.4. The van der Waals surface area contributed by atoms with Gasteiger partial charge in [-0.25, -0.2) is 4.99 Å². The predicted molar refractivity (Wildman–Crippen MR) is 133 cm³/mol. The van der Waals surface area contributed by atoms with E-state index >= 15 is 0 Å². The Kier molecular flexibility index (Phi) is 7.12. The number of hydrogen-bond acceptors (Lipinski definition) is 4. The van der Waals surface area contributed by atoms with Crippen LogP contribution >= 0.6 is 0 Å². The van der Waals surface area contributed by atoms with Gasteiger partial charge in [0.25, 0.3) is 5.91 Å². The van der Waals surface area contributed by atoms with Crippen molar-refractivity contribution in [3.05, 3.63) is 65.2 Å². The van der Waals surface area contributed by atoms with Crippen LogP contribution < -0.4 is 16.0 Å². The number of halogens is 3. The topological polar surface area (TPSA) is 105 Å². The second kappa shape index (κ2) is 9.99. The summed E-state index contributed by atoms with van der Waals surface area (Å²) in [7, 11) is 1.55. The highest BCUT2D eigenvalue weighted by Gasteiger charge is 2.50. The summed E-state index contributed by atoms with van der Waals surface area (Å²) in [6, 6.07) is 11.4. The Morgan fingerprint density at radius 2 is 1.76 bits per heavy atom. The molecule has 1 fully saturated rings. The SMILES string of the molecule is CCC(C(N)=O)C1(C(=O)NC2N=C(c3ccc(C(F)(F)F)cc3)c3ccccc3N(C)C2=O)CCCC1. The van der Waals surface area contributed by atoms with Crippen LogP contribution in [-0.2, 0) is 20.6 Å². The van der Waals surface area contributed by atoms with Crippen LogP contribution in [0, 0.1) is 11.3 Å². The predicted octanol–water partition coefficient (Wildman–Crippen LogP) is 4.03. The van der Waals surface area contributed by atoms with Crippen LogP contribution in [0.1, 0.15) is 55.7 Å². The maximum atomic E-state index is 13.7. The quantitative estimate of drug-likeness (QED) is 0.608. The zero-order valence-electron chi connectivity index (χ0n) is 20.6. The summed E-state index contributed by atoms with van der Waals surface area (Å²) >= 11 is 0. The first-order valence-corrected chi connectivity index (χ1v) is 12.2. The summed E-state index contributed by atoms with van der Waals surface area (Å²) in [4.78, 5) is 45.3. The number of benzodiazepines with no additional fused rings is 1. The van der Waals surface area contributed by atoms with Gasteiger partial charge in [0.15, 0.2) is 0 Å². The highest BCUT2D eigenvalue weighted by atomic mass is 19.4. The molecule has 2 aromatic rings. The lowest BCUT2D eigenvalue weighted by Crippen LogP contribution is -2.54. The summed E-state index contributed by atoms with van der Waals surface area (Å²) in [6.07, 6.45) is -3.03. The molecular weight excluding hydrogens is 485 g/mol. The van der Waals surface area contributed by atoms with Crippen molar-refractivity contribution >= 4 is 29.1 Å². The molecule has 1 heterocycles. The smallest absolute Gasteiger partial charge is 0.369 e. The van der Waals surface area contributed by atoms with Gasteiger partial charge in [0.1, 0.15) is 0 Å². The van der Waals surface area contributed by atoms with Crippen LogP contribution in [0.3, 0.4) is 0 Å². The molecule has 196 valence electrons. The summed E-state index contributed by atoms with van der Waals surface area (Å²) in [5.74, 6) is -2.23. The number of likely N-dealkylation sites (N-methyl/N-ethyl adjacent to an activating group) is 1. The van der Waals surface area contributed by atoms with E-state index in [1.165, 1.54) is 17.0 Å². The van der Waals surface area contributed by atoms with Crippen molar-refractivity contribution in [3.63, 3.8) is 0 Å². The number of fused-ring (bicyclic) bond motifs is 1. The van der Waals surface area contributed by atoms with Gasteiger partial charge in [-0.15, -0.1) is 0 Å². The first-order valence-electron chi connectivity index (χ1n) is 12.2. The number of amides is 3. The average Bonchev–Trinajstić information content (AvgIpc) is 3.33. The molecule has 0 aromatic heterocycles. The number of carbonyl (C=O) groups excluding carboxylic acids is 3. The fraction of sp³-hybridized carbons (Fsp3) is 0.407. The molecule has 10 heteroatoms. The Morgan fingerprint density at radius 1 is 1.14 bits per heavy atom. The van der Waals surface area contributed by atoms with E-state index in [1.54, 1.807) is 38.2 Å². The molecule has 0 radical (unpaired) electrons. The normalized spacial score (nSPS) is 20.0. The van der Waals surface area contributed by atoms with Crippen molar-refractivity contribution in [2.75, 3.05) is 11.9 Å². The molecule has 0 bridgehead atoms. The molecule has 0 saturated heterocycles. The van der Waals surface area contributed by atoms with Crippen LogP contribution in [0.4, 0.5) is 18.9 Å². The monoisotopic (exact) mass is 514 g/mol. The van der Waals surface area contributed by atoms with Gasteiger partial charge in [-0.1, -0.05) is 50.1 Å². The van der Waals surface area contributed by atoms with Gasteiger partial charge in [0.05, 0.1) is 28.3 Å². The van der Waals surface area contributed by atoms with Crippen LogP contribution in [0.2, 0.25) is 0 Å². The largest absolute Gasteiger partial charge is 0.416 e. The van der Waals surface area contributed by atoms with Gasteiger partial charge in [-0.3, -0.25) is 14.4 Å². The number of para-hydroxylation sites is 1. The minimum absolute atomic E-state index is 0.273. The third-order valence-electron chi connectivity index (χ3n) is 7.46. The van der Waals surface area contributed by atoms with Gasteiger partial charge in [0, 0.05) is 18.2 Å². The molecule has 2 atom stereocenters. The van der Waals surface area contributed by atoms with Crippen LogP contribution in [-0.4, -0.2) is 36.6 Å². The number of carbonyl (C=O) groups is 3. The molecule has 2 aromatic carbocycles. The third kappa shape index (κ3) is 4.84. The Balaban J connectivity index is 1.77. The van der Waals surface area contributed by atoms with E-state index in [0.29, 0.717) is 36.1 Å². The Bertz CT molecular complexity index is 1230. The van der Waals surface area contributed by atoms with Gasteiger partial charge >= 0.3 is 6.18 Å². The standard InChI is InChI=1S/C27H29F3N4O3/c1-3-19(22(31)35)26(14-6-7-15-26)25(37)33-23-24(36)34(2)20-9-5-4-8-18(20)21(32-23)16-10-12-17(13-11-16)27(28,29)30/h4-5,8-13,19,23H,3,6-7,14-15H2,1-2H3,(H2,31,35)(H,33,37). The first-order chi connectivity index (χ1) is 17.5. The lowest BCUT2D eigenvalue weighted by atomic mass is 9.71. The number of nitrogens with one attached hydrogen (secondary N) is 1. The Morgan fingerprint density at radius 3 is 2.32 bits per heavy atom. The molecule has 3 N–H and O–H groups in total. The van der Waals surface area contributed by atoms with E-state index in [4.69, 9.17) is 5.73 Å². The van der Waals surface area contributed by atoms with E-state index in [-0.39, 0.29) is 5.71 Å². The molecule has 3 amide bonds. The van der Waals surface area contributed by atoms with Crippen molar-refractivity contribution < 1.29 is 27.6 Å². The van der Waals surface area contributed by atoms with Crippen LogP contribution in [0.5, 0.6) is 0 Å². The van der Waals surface area contributed by atoms with Crippen molar-refractivity contribution in [3.8, 4) is 0 Å². The van der Waals surface area contributed by atoms with Crippen molar-refractivity contribution in [2.45, 2.75) is 51.4 Å². The van der Waals surface area contributed by atoms with E-state index in [0.717, 1.165) is 25.0 Å². The number of nitrogens with zero attached hydrogens (tertiary/aromatic N) is 2. The van der Waals surface area contributed by atoms with Crippen LogP contribution in [0.15, 0.2) is 53.5 Å². The maximum absolute atomic E-state index is 13.7. The number of anilines is 1. The minimum Gasteiger partial charge on any atom is -0.369 e. The fourth-order valence-electron chi connectivity index (χ4n) is 5.54. The Labute approximate surface area is 212 Å². The van der Waals surface area contributed by atoms with Gasteiger partial charge in [-0.05, 0) is 37.5 Å². The summed E-state index contributed by atoms with van der Waals surface area (Å²) in [5, 5.41) is 2.76. The number of alkyl halides is 3. The lowest BCUT2D eigenvalue weighted by molar-refractivity contribution is -0.142. The van der Waals surface area contributed by atoms with Gasteiger partial charge in [-0.2, -0.15) is 13.2 Å². The Hall–Kier alpha value is -3.69. The molecule has 7 nitrogen and oxygen atoms in total. The molecule has 4 rings (SSSR count). The number of aliphatic imine (C=N–C) groups is 1. The minimum atomic E-state index is -4.50. The molecule has 0 spiro atoms. The zero-order chi connectivity index (χ0) is 27.0. The van der Waals surface area contributed by atoms with E-state index < -0.39 is 47.0 Å². The summed E-state index contributed by atoms with van der Waals surface area (Å²) in [5.41, 5.74) is 5.48. The molecule has 37 heavy (non-hydrogen) atoms. The number of nitrogens with two attached hydrogens (primary N) is 1. The second-order valence-electron chi connectivity index (χ2n) is 9.57. The van der Waals surface area contributed by atoms with E-state index in [2.05, 4.69) is 10.3 Å². The van der Waals surface area contributed by atoms with E-state index in [9.17, 15) is 27.6 Å². The fourth-order valence-corrected chi connectivity index (χ4v) is 5.54. The maximum Gasteiger partial charge on any atom is 0.416 e. The van der Waals surface area contributed by atoms with Gasteiger partial charge < -0.3 is 16.0 Å². The second-order valence-corrected chi connectivity index (χ2v) is 9.57. The molecule has 1 aliphatic heterocycles. The number of rotatable bonds is 6. The molecular formula is C27H29F3N4O3. The zero-order valence-corrected chi connectivity index (χ0v) is 20.6.